The molecule has 0 saturated heterocycles. The number of esters is 2. The van der Waals surface area contributed by atoms with Crippen molar-refractivity contribution in [3.05, 3.63) is 65.2 Å². The quantitative estimate of drug-likeness (QED) is 0.584. The van der Waals surface area contributed by atoms with E-state index in [4.69, 9.17) is 14.2 Å². The zero-order chi connectivity index (χ0) is 21.0. The van der Waals surface area contributed by atoms with Crippen molar-refractivity contribution in [1.29, 1.82) is 0 Å². The van der Waals surface area contributed by atoms with Crippen LogP contribution in [0.1, 0.15) is 49.5 Å². The van der Waals surface area contributed by atoms with E-state index < -0.39 is 18.0 Å². The van der Waals surface area contributed by atoms with Crippen LogP contribution < -0.4 is 4.74 Å². The van der Waals surface area contributed by atoms with E-state index in [1.807, 2.05) is 6.07 Å². The average molecular weight is 396 g/mol. The summed E-state index contributed by atoms with van der Waals surface area (Å²) in [5, 5.41) is 9.55. The first-order chi connectivity index (χ1) is 13.9. The SMILES string of the molecule is CCOC(=O)[C@@H]1c2cc(/C=C/C(=O)OC(C)C)ccc2O[C@H]1c1ccc(O)cc1. The van der Waals surface area contributed by atoms with E-state index in [0.717, 1.165) is 11.1 Å². The van der Waals surface area contributed by atoms with Crippen molar-refractivity contribution in [3.8, 4) is 11.5 Å². The molecule has 1 N–H and O–H groups in total. The van der Waals surface area contributed by atoms with Gasteiger partial charge in [0.1, 0.15) is 23.5 Å². The van der Waals surface area contributed by atoms with Crippen molar-refractivity contribution in [2.75, 3.05) is 6.61 Å². The lowest BCUT2D eigenvalue weighted by Gasteiger charge is -2.18. The second-order valence-corrected chi connectivity index (χ2v) is 6.98. The Labute approximate surface area is 169 Å². The highest BCUT2D eigenvalue weighted by atomic mass is 16.5. The zero-order valence-electron chi connectivity index (χ0n) is 16.6. The Hall–Kier alpha value is -3.28. The highest BCUT2D eigenvalue weighted by molar-refractivity contribution is 5.87. The topological polar surface area (TPSA) is 82.1 Å². The molecule has 1 aliphatic heterocycles. The van der Waals surface area contributed by atoms with Crippen LogP contribution in [0.25, 0.3) is 6.08 Å². The van der Waals surface area contributed by atoms with Crippen LogP contribution in [-0.2, 0) is 19.1 Å². The van der Waals surface area contributed by atoms with Crippen LogP contribution in [0.2, 0.25) is 0 Å². The minimum absolute atomic E-state index is 0.137. The smallest absolute Gasteiger partial charge is 0.331 e. The van der Waals surface area contributed by atoms with Gasteiger partial charge < -0.3 is 19.3 Å². The van der Waals surface area contributed by atoms with Gasteiger partial charge in [0.15, 0.2) is 0 Å². The van der Waals surface area contributed by atoms with Gasteiger partial charge in [0, 0.05) is 11.6 Å². The first kappa shape index (κ1) is 20.5. The van der Waals surface area contributed by atoms with Crippen molar-refractivity contribution < 1.29 is 28.9 Å². The van der Waals surface area contributed by atoms with Gasteiger partial charge in [0.2, 0.25) is 0 Å². The van der Waals surface area contributed by atoms with Crippen molar-refractivity contribution >= 4 is 18.0 Å². The first-order valence-corrected chi connectivity index (χ1v) is 9.54. The molecule has 3 rings (SSSR count). The molecule has 29 heavy (non-hydrogen) atoms. The summed E-state index contributed by atoms with van der Waals surface area (Å²) < 4.78 is 16.4. The number of phenolic OH excluding ortho intramolecular Hbond substituents is 1. The number of phenols is 1. The summed E-state index contributed by atoms with van der Waals surface area (Å²) in [6.45, 7) is 5.58. The molecule has 0 aromatic heterocycles. The normalized spacial score (nSPS) is 17.8. The number of hydrogen-bond donors (Lipinski definition) is 1. The number of rotatable bonds is 6. The molecular formula is C23H24O6. The van der Waals surface area contributed by atoms with Gasteiger partial charge in [-0.15, -0.1) is 0 Å². The van der Waals surface area contributed by atoms with E-state index in [9.17, 15) is 14.7 Å². The maximum absolute atomic E-state index is 12.7. The minimum Gasteiger partial charge on any atom is -0.508 e. The summed E-state index contributed by atoms with van der Waals surface area (Å²) in [6, 6.07) is 11.9. The molecule has 152 valence electrons. The minimum atomic E-state index is -0.648. The lowest BCUT2D eigenvalue weighted by molar-refractivity contribution is -0.146. The Kier molecular flexibility index (Phi) is 6.22. The van der Waals surface area contributed by atoms with Gasteiger partial charge in [-0.1, -0.05) is 18.2 Å². The Balaban J connectivity index is 1.92. The molecule has 1 heterocycles. The van der Waals surface area contributed by atoms with Gasteiger partial charge >= 0.3 is 11.9 Å². The third kappa shape index (κ3) is 4.77. The molecule has 0 radical (unpaired) electrons. The summed E-state index contributed by atoms with van der Waals surface area (Å²) >= 11 is 0. The number of hydrogen-bond acceptors (Lipinski definition) is 6. The Bertz CT molecular complexity index is 913. The van der Waals surface area contributed by atoms with Crippen molar-refractivity contribution in [3.63, 3.8) is 0 Å². The Morgan fingerprint density at radius 1 is 1.17 bits per heavy atom. The van der Waals surface area contributed by atoms with E-state index >= 15 is 0 Å². The Morgan fingerprint density at radius 2 is 1.90 bits per heavy atom. The van der Waals surface area contributed by atoms with Crippen LogP contribution in [0.5, 0.6) is 11.5 Å². The molecule has 0 fully saturated rings. The molecule has 0 saturated carbocycles. The second-order valence-electron chi connectivity index (χ2n) is 6.98. The third-order valence-electron chi connectivity index (χ3n) is 4.45. The molecule has 0 spiro atoms. The van der Waals surface area contributed by atoms with E-state index in [1.54, 1.807) is 63.2 Å². The van der Waals surface area contributed by atoms with Crippen molar-refractivity contribution in [2.24, 2.45) is 0 Å². The molecule has 0 aliphatic carbocycles. The van der Waals surface area contributed by atoms with Crippen LogP contribution in [0.3, 0.4) is 0 Å². The van der Waals surface area contributed by atoms with E-state index in [-0.39, 0.29) is 24.4 Å². The molecule has 0 bridgehead atoms. The van der Waals surface area contributed by atoms with Gasteiger partial charge in [-0.25, -0.2) is 4.79 Å². The third-order valence-corrected chi connectivity index (χ3v) is 4.45. The fourth-order valence-electron chi connectivity index (χ4n) is 3.23. The number of ether oxygens (including phenoxy) is 3. The zero-order valence-corrected chi connectivity index (χ0v) is 16.6. The summed E-state index contributed by atoms with van der Waals surface area (Å²) in [5.41, 5.74) is 2.20. The van der Waals surface area contributed by atoms with E-state index in [0.29, 0.717) is 11.3 Å². The van der Waals surface area contributed by atoms with Gasteiger partial charge in [-0.05, 0) is 62.2 Å². The summed E-state index contributed by atoms with van der Waals surface area (Å²) in [6.07, 6.45) is 2.24. The van der Waals surface area contributed by atoms with Crippen LogP contribution in [0, 0.1) is 0 Å². The van der Waals surface area contributed by atoms with Crippen LogP contribution in [-0.4, -0.2) is 29.8 Å². The largest absolute Gasteiger partial charge is 0.508 e. The van der Waals surface area contributed by atoms with E-state index in [1.165, 1.54) is 6.08 Å². The van der Waals surface area contributed by atoms with Crippen LogP contribution in [0.15, 0.2) is 48.5 Å². The first-order valence-electron chi connectivity index (χ1n) is 9.54. The molecule has 6 nitrogen and oxygen atoms in total. The van der Waals surface area contributed by atoms with Crippen molar-refractivity contribution in [1.82, 2.24) is 0 Å². The lowest BCUT2D eigenvalue weighted by atomic mass is 9.90. The highest BCUT2D eigenvalue weighted by Gasteiger charge is 2.41. The van der Waals surface area contributed by atoms with Crippen LogP contribution >= 0.6 is 0 Å². The van der Waals surface area contributed by atoms with Crippen molar-refractivity contribution in [2.45, 2.75) is 38.9 Å². The summed E-state index contributed by atoms with van der Waals surface area (Å²) in [7, 11) is 0. The van der Waals surface area contributed by atoms with E-state index in [2.05, 4.69) is 0 Å². The maximum Gasteiger partial charge on any atom is 0.331 e. The maximum atomic E-state index is 12.7. The van der Waals surface area contributed by atoms with Gasteiger partial charge in [0.05, 0.1) is 12.7 Å². The molecule has 0 unspecified atom stereocenters. The fraction of sp³-hybridized carbons (Fsp3) is 0.304. The predicted molar refractivity (Wildman–Crippen MR) is 108 cm³/mol. The monoisotopic (exact) mass is 396 g/mol. The molecule has 2 atom stereocenters. The molecular weight excluding hydrogens is 372 g/mol. The number of carbonyl (C=O) groups excluding carboxylic acids is 2. The lowest BCUT2D eigenvalue weighted by Crippen LogP contribution is -2.21. The second kappa shape index (κ2) is 8.82. The molecule has 2 aromatic carbocycles. The number of carbonyl (C=O) groups is 2. The standard InChI is InChI=1S/C23H24O6/c1-4-27-23(26)21-18-13-15(6-12-20(25)28-14(2)3)5-11-19(18)29-22(21)16-7-9-17(24)10-8-16/h5-14,21-22,24H,4H2,1-3H3/b12-6+/t21-,22+/m1/s1. The van der Waals surface area contributed by atoms with Gasteiger partial charge in [0.25, 0.3) is 0 Å². The average Bonchev–Trinajstić information content (AvgIpc) is 3.05. The van der Waals surface area contributed by atoms with Crippen LogP contribution in [0.4, 0.5) is 0 Å². The number of fused-ring (bicyclic) bond motifs is 1. The fourth-order valence-corrected chi connectivity index (χ4v) is 3.23. The molecule has 0 amide bonds. The summed E-state index contributed by atoms with van der Waals surface area (Å²) in [5.74, 6) is -0.739. The Morgan fingerprint density at radius 3 is 2.55 bits per heavy atom. The molecule has 1 aliphatic rings. The predicted octanol–water partition coefficient (Wildman–Crippen LogP) is 4.14. The number of benzene rings is 2. The highest BCUT2D eigenvalue weighted by Crippen LogP contribution is 2.47. The van der Waals surface area contributed by atoms with Gasteiger partial charge in [-0.3, -0.25) is 4.79 Å². The molecule has 6 heteroatoms. The summed E-state index contributed by atoms with van der Waals surface area (Å²) in [4.78, 5) is 24.5. The number of aromatic hydroxyl groups is 1. The molecule has 2 aromatic rings. The van der Waals surface area contributed by atoms with Gasteiger partial charge in [-0.2, -0.15) is 0 Å².